The minimum Gasteiger partial charge on any atom is -0.475 e. The van der Waals surface area contributed by atoms with Gasteiger partial charge in [0, 0.05) is 37.0 Å². The molecule has 3 aromatic rings. The molecule has 3 aromatic heterocycles. The number of hydrogen-bond acceptors (Lipinski definition) is 8. The largest absolute Gasteiger partial charge is 0.490 e. The van der Waals surface area contributed by atoms with Gasteiger partial charge in [0.05, 0.1) is 11.9 Å². The Hall–Kier alpha value is -3.95. The summed E-state index contributed by atoms with van der Waals surface area (Å²) in [6.07, 6.45) is 1.65. The van der Waals surface area contributed by atoms with Crippen molar-refractivity contribution in [2.45, 2.75) is 62.6 Å². The molecule has 2 saturated heterocycles. The number of piperidine rings is 2. The van der Waals surface area contributed by atoms with E-state index in [-0.39, 0.29) is 17.4 Å². The van der Waals surface area contributed by atoms with Crippen LogP contribution in [0.15, 0.2) is 21.6 Å². The van der Waals surface area contributed by atoms with Crippen molar-refractivity contribution < 1.29 is 37.5 Å². The Balaban J connectivity index is 0.000000411. The minimum absolute atomic E-state index is 0.0491. The SMILES string of the molecule is O=C(O)C(F)(F)F.O=C(O)N1CCC(c2cc(=O)[nH]c3c(-c4nc(C5CCN(C6CC6)CC5)no4)cnn23)CC1. The Morgan fingerprint density at radius 2 is 1.62 bits per heavy atom. The highest BCUT2D eigenvalue weighted by Gasteiger charge is 2.38. The van der Waals surface area contributed by atoms with Crippen LogP contribution in [0.2, 0.25) is 0 Å². The molecule has 2 aliphatic heterocycles. The summed E-state index contributed by atoms with van der Waals surface area (Å²) >= 11 is 0. The third kappa shape index (κ3) is 5.95. The number of aromatic amines is 1. The number of amides is 1. The normalized spacial score (nSPS) is 19.4. The van der Waals surface area contributed by atoms with Crippen LogP contribution in [0.3, 0.4) is 0 Å². The molecule has 3 fully saturated rings. The first kappa shape index (κ1) is 27.6. The molecule has 0 atom stereocenters. The average Bonchev–Trinajstić information content (AvgIpc) is 3.51. The number of H-pyrrole nitrogens is 1. The predicted octanol–water partition coefficient (Wildman–Crippen LogP) is 2.91. The Morgan fingerprint density at radius 1 is 1.00 bits per heavy atom. The summed E-state index contributed by atoms with van der Waals surface area (Å²) in [5.74, 6) is -1.34. The monoisotopic (exact) mass is 567 g/mol. The first-order valence-corrected chi connectivity index (χ1v) is 13.0. The zero-order valence-electron chi connectivity index (χ0n) is 21.3. The number of carboxylic acid groups (broad SMARTS) is 2. The lowest BCUT2D eigenvalue weighted by molar-refractivity contribution is -0.192. The van der Waals surface area contributed by atoms with E-state index in [2.05, 4.69) is 25.1 Å². The number of fused-ring (bicyclic) bond motifs is 1. The molecule has 0 unspecified atom stereocenters. The second-order valence-electron chi connectivity index (χ2n) is 10.2. The van der Waals surface area contributed by atoms with Crippen LogP contribution in [-0.2, 0) is 4.79 Å². The molecule has 6 rings (SSSR count). The van der Waals surface area contributed by atoms with Gasteiger partial charge >= 0.3 is 18.2 Å². The molecule has 1 aliphatic carbocycles. The lowest BCUT2D eigenvalue weighted by atomic mass is 9.93. The Bertz CT molecular complexity index is 1430. The van der Waals surface area contributed by atoms with Gasteiger partial charge in [-0.2, -0.15) is 23.3 Å². The summed E-state index contributed by atoms with van der Waals surface area (Å²) in [4.78, 5) is 44.1. The highest BCUT2D eigenvalue weighted by Crippen LogP contribution is 2.35. The van der Waals surface area contributed by atoms with Gasteiger partial charge in [0.1, 0.15) is 11.2 Å². The van der Waals surface area contributed by atoms with E-state index in [0.717, 1.165) is 43.5 Å². The van der Waals surface area contributed by atoms with Gasteiger partial charge in [0.15, 0.2) is 5.82 Å². The lowest BCUT2D eigenvalue weighted by Crippen LogP contribution is -2.37. The molecule has 5 heterocycles. The van der Waals surface area contributed by atoms with Crippen molar-refractivity contribution in [2.24, 2.45) is 0 Å². The van der Waals surface area contributed by atoms with E-state index in [1.165, 1.54) is 17.7 Å². The molecular weight excluding hydrogens is 539 g/mol. The number of halogens is 3. The van der Waals surface area contributed by atoms with Crippen LogP contribution < -0.4 is 5.56 Å². The standard InChI is InChI=1S/C22H27N7O4.C2HF3O2/c30-18-11-17(13-3-9-28(10-4-13)22(31)32)29-20(24-18)16(12-23-29)21-25-19(26-33-21)14-5-7-27(8-6-14)15-1-2-15;3-2(4,5)1(6)7/h11-15H,1-10H2,(H,24,30)(H,31,32);(H,6,7). The van der Waals surface area contributed by atoms with Gasteiger partial charge in [-0.3, -0.25) is 4.79 Å². The predicted molar refractivity (Wildman–Crippen MR) is 131 cm³/mol. The van der Waals surface area contributed by atoms with E-state index < -0.39 is 18.2 Å². The summed E-state index contributed by atoms with van der Waals surface area (Å²) in [5.41, 5.74) is 1.67. The number of carbonyl (C=O) groups is 2. The summed E-state index contributed by atoms with van der Waals surface area (Å²) in [6.45, 7) is 3.03. The second-order valence-corrected chi connectivity index (χ2v) is 10.2. The number of nitrogens with one attached hydrogen (secondary N) is 1. The lowest BCUT2D eigenvalue weighted by Gasteiger charge is -2.30. The topological polar surface area (TPSA) is 170 Å². The van der Waals surface area contributed by atoms with Crippen LogP contribution in [-0.4, -0.2) is 95.2 Å². The second kappa shape index (κ2) is 10.9. The molecule has 0 spiro atoms. The van der Waals surface area contributed by atoms with Crippen molar-refractivity contribution in [1.82, 2.24) is 34.5 Å². The van der Waals surface area contributed by atoms with E-state index in [9.17, 15) is 27.9 Å². The molecule has 3 aliphatic rings. The first-order chi connectivity index (χ1) is 19.0. The molecule has 1 amide bonds. The van der Waals surface area contributed by atoms with Crippen LogP contribution in [0.4, 0.5) is 18.0 Å². The van der Waals surface area contributed by atoms with E-state index in [1.54, 1.807) is 16.8 Å². The van der Waals surface area contributed by atoms with Crippen molar-refractivity contribution in [1.29, 1.82) is 0 Å². The fourth-order valence-corrected chi connectivity index (χ4v) is 5.30. The molecule has 13 nitrogen and oxygen atoms in total. The fraction of sp³-hybridized carbons (Fsp3) is 0.583. The van der Waals surface area contributed by atoms with Gasteiger partial charge in [0.25, 0.3) is 11.4 Å². The number of rotatable bonds is 4. The van der Waals surface area contributed by atoms with E-state index >= 15 is 0 Å². The number of alkyl halides is 3. The van der Waals surface area contributed by atoms with Crippen molar-refractivity contribution >= 4 is 17.7 Å². The zero-order valence-corrected chi connectivity index (χ0v) is 21.3. The molecule has 40 heavy (non-hydrogen) atoms. The number of aromatic nitrogens is 5. The number of carboxylic acids is 1. The summed E-state index contributed by atoms with van der Waals surface area (Å²) in [6, 6.07) is 2.34. The Labute approximate surface area is 224 Å². The number of hydrogen-bond donors (Lipinski definition) is 3. The van der Waals surface area contributed by atoms with E-state index in [4.69, 9.17) is 14.4 Å². The van der Waals surface area contributed by atoms with Crippen molar-refractivity contribution in [3.63, 3.8) is 0 Å². The molecule has 16 heteroatoms. The molecular formula is C24H28F3N7O6. The minimum atomic E-state index is -5.08. The van der Waals surface area contributed by atoms with Crippen LogP contribution in [0.5, 0.6) is 0 Å². The van der Waals surface area contributed by atoms with Gasteiger partial charge in [-0.05, 0) is 51.6 Å². The van der Waals surface area contributed by atoms with Crippen LogP contribution in [0.1, 0.15) is 61.9 Å². The number of likely N-dealkylation sites (tertiary alicyclic amines) is 2. The molecule has 0 aromatic carbocycles. The molecule has 0 radical (unpaired) electrons. The maximum atomic E-state index is 12.5. The average molecular weight is 568 g/mol. The summed E-state index contributed by atoms with van der Waals surface area (Å²) in [5, 5.41) is 25.1. The van der Waals surface area contributed by atoms with Gasteiger partial charge in [-0.25, -0.2) is 14.1 Å². The maximum Gasteiger partial charge on any atom is 0.490 e. The first-order valence-electron chi connectivity index (χ1n) is 13.0. The zero-order chi connectivity index (χ0) is 28.6. The van der Waals surface area contributed by atoms with Crippen molar-refractivity contribution in [3.8, 4) is 11.5 Å². The summed E-state index contributed by atoms with van der Waals surface area (Å²) < 4.78 is 39.1. The molecule has 0 bridgehead atoms. The highest BCUT2D eigenvalue weighted by molar-refractivity contribution is 5.73. The maximum absolute atomic E-state index is 12.5. The number of nitrogens with zero attached hydrogens (tertiary/aromatic N) is 6. The highest BCUT2D eigenvalue weighted by atomic mass is 19.4. The van der Waals surface area contributed by atoms with Crippen molar-refractivity contribution in [3.05, 3.63) is 34.1 Å². The number of aliphatic carboxylic acids is 1. The van der Waals surface area contributed by atoms with Crippen LogP contribution in [0.25, 0.3) is 17.1 Å². The Kier molecular flexibility index (Phi) is 7.53. The van der Waals surface area contributed by atoms with Gasteiger partial charge in [-0.15, -0.1) is 0 Å². The fourth-order valence-electron chi connectivity index (χ4n) is 5.30. The van der Waals surface area contributed by atoms with Gasteiger partial charge in [0.2, 0.25) is 0 Å². The van der Waals surface area contributed by atoms with E-state index in [1.807, 2.05) is 0 Å². The smallest absolute Gasteiger partial charge is 0.475 e. The third-order valence-corrected chi connectivity index (χ3v) is 7.59. The van der Waals surface area contributed by atoms with Crippen molar-refractivity contribution in [2.75, 3.05) is 26.2 Å². The third-order valence-electron chi connectivity index (χ3n) is 7.59. The summed E-state index contributed by atoms with van der Waals surface area (Å²) in [7, 11) is 0. The van der Waals surface area contributed by atoms with Gasteiger partial charge in [-0.1, -0.05) is 5.16 Å². The molecule has 3 N–H and O–H groups in total. The molecule has 216 valence electrons. The van der Waals surface area contributed by atoms with E-state index in [0.29, 0.717) is 43.0 Å². The van der Waals surface area contributed by atoms with Gasteiger partial charge < -0.3 is 29.5 Å². The van der Waals surface area contributed by atoms with Crippen LogP contribution in [0, 0.1) is 0 Å². The Morgan fingerprint density at radius 3 is 2.20 bits per heavy atom. The quantitative estimate of drug-likeness (QED) is 0.426. The molecule has 1 saturated carbocycles. The van der Waals surface area contributed by atoms with Crippen LogP contribution >= 0.6 is 0 Å².